The molecule has 1 aliphatic rings. The summed E-state index contributed by atoms with van der Waals surface area (Å²) >= 11 is 0. The highest BCUT2D eigenvalue weighted by molar-refractivity contribution is 5.35. The van der Waals surface area contributed by atoms with E-state index >= 15 is 0 Å². The second-order valence-electron chi connectivity index (χ2n) is 5.40. The van der Waals surface area contributed by atoms with Gasteiger partial charge in [0.25, 0.3) is 0 Å². The Hall–Kier alpha value is -1.81. The van der Waals surface area contributed by atoms with Crippen molar-refractivity contribution < 1.29 is 4.74 Å². The van der Waals surface area contributed by atoms with Gasteiger partial charge in [-0.25, -0.2) is 4.68 Å². The molecule has 1 saturated heterocycles. The summed E-state index contributed by atoms with van der Waals surface area (Å²) in [7, 11) is 0. The van der Waals surface area contributed by atoms with Gasteiger partial charge in [-0.3, -0.25) is 0 Å². The van der Waals surface area contributed by atoms with Gasteiger partial charge in [0.2, 0.25) is 0 Å². The molecule has 0 spiro atoms. The van der Waals surface area contributed by atoms with E-state index in [9.17, 15) is 0 Å². The quantitative estimate of drug-likeness (QED) is 0.933. The maximum atomic E-state index is 6.02. The van der Waals surface area contributed by atoms with Crippen molar-refractivity contribution in [3.8, 4) is 11.4 Å². The molecule has 20 heavy (non-hydrogen) atoms. The van der Waals surface area contributed by atoms with Gasteiger partial charge >= 0.3 is 0 Å². The third kappa shape index (κ3) is 3.20. The molecule has 1 unspecified atom stereocenters. The van der Waals surface area contributed by atoms with Gasteiger partial charge in [-0.2, -0.15) is 5.10 Å². The molecule has 0 aliphatic carbocycles. The SMILES string of the molecule is Cc1cccc(-n2cc(OC3CCCCNC3)cn2)c1. The summed E-state index contributed by atoms with van der Waals surface area (Å²) in [5.74, 6) is 0.847. The van der Waals surface area contributed by atoms with E-state index in [2.05, 4.69) is 35.5 Å². The maximum absolute atomic E-state index is 6.02. The van der Waals surface area contributed by atoms with Gasteiger partial charge in [-0.05, 0) is 50.4 Å². The average Bonchev–Trinajstić information content (AvgIpc) is 2.75. The molecule has 1 atom stereocenters. The molecule has 1 aliphatic heterocycles. The molecule has 1 aromatic carbocycles. The van der Waals surface area contributed by atoms with Crippen LogP contribution in [-0.2, 0) is 0 Å². The van der Waals surface area contributed by atoms with Crippen molar-refractivity contribution in [3.63, 3.8) is 0 Å². The van der Waals surface area contributed by atoms with Crippen LogP contribution >= 0.6 is 0 Å². The highest BCUT2D eigenvalue weighted by Crippen LogP contribution is 2.18. The zero-order chi connectivity index (χ0) is 13.8. The zero-order valence-electron chi connectivity index (χ0n) is 11.9. The van der Waals surface area contributed by atoms with Crippen molar-refractivity contribution in [2.75, 3.05) is 13.1 Å². The van der Waals surface area contributed by atoms with Crippen LogP contribution in [0.15, 0.2) is 36.7 Å². The lowest BCUT2D eigenvalue weighted by Crippen LogP contribution is -2.29. The van der Waals surface area contributed by atoms with Crippen LogP contribution in [0.25, 0.3) is 5.69 Å². The summed E-state index contributed by atoms with van der Waals surface area (Å²) in [6.07, 6.45) is 7.59. The highest BCUT2D eigenvalue weighted by Gasteiger charge is 2.14. The number of aryl methyl sites for hydroxylation is 1. The molecule has 2 aromatic rings. The standard InChI is InChI=1S/C16H21N3O/c1-13-5-4-6-14(9-13)19-12-16(11-18-19)20-15-7-2-3-8-17-10-15/h4-6,9,11-12,15,17H,2-3,7-8,10H2,1H3. The fourth-order valence-electron chi connectivity index (χ4n) is 2.56. The molecule has 0 radical (unpaired) electrons. The first kappa shape index (κ1) is 13.2. The molecular formula is C16H21N3O. The Labute approximate surface area is 119 Å². The van der Waals surface area contributed by atoms with Gasteiger partial charge in [0.1, 0.15) is 6.10 Å². The Morgan fingerprint density at radius 1 is 1.35 bits per heavy atom. The Bertz CT molecular complexity index is 556. The molecule has 1 N–H and O–H groups in total. The molecule has 4 nitrogen and oxygen atoms in total. The lowest BCUT2D eigenvalue weighted by atomic mass is 10.2. The van der Waals surface area contributed by atoms with Gasteiger partial charge in [0.15, 0.2) is 5.75 Å². The molecule has 0 amide bonds. The molecule has 3 rings (SSSR count). The number of aromatic nitrogens is 2. The molecule has 1 fully saturated rings. The minimum absolute atomic E-state index is 0.257. The van der Waals surface area contributed by atoms with Gasteiger partial charge < -0.3 is 10.1 Å². The normalized spacial score (nSPS) is 19.6. The molecule has 0 saturated carbocycles. The van der Waals surface area contributed by atoms with E-state index in [1.807, 2.05) is 16.9 Å². The third-order valence-electron chi connectivity index (χ3n) is 3.63. The predicted octanol–water partition coefficient (Wildman–Crippen LogP) is 2.70. The third-order valence-corrected chi connectivity index (χ3v) is 3.63. The predicted molar refractivity (Wildman–Crippen MR) is 79.4 cm³/mol. The summed E-state index contributed by atoms with van der Waals surface area (Å²) in [5.41, 5.74) is 2.30. The van der Waals surface area contributed by atoms with Gasteiger partial charge in [-0.1, -0.05) is 12.1 Å². The first-order valence-corrected chi connectivity index (χ1v) is 7.30. The smallest absolute Gasteiger partial charge is 0.158 e. The van der Waals surface area contributed by atoms with E-state index < -0.39 is 0 Å². The van der Waals surface area contributed by atoms with Crippen molar-refractivity contribution in [1.29, 1.82) is 0 Å². The molecule has 2 heterocycles. The summed E-state index contributed by atoms with van der Waals surface area (Å²) < 4.78 is 7.89. The first-order valence-electron chi connectivity index (χ1n) is 7.30. The first-order chi connectivity index (χ1) is 9.81. The van der Waals surface area contributed by atoms with Crippen LogP contribution in [0.5, 0.6) is 5.75 Å². The second-order valence-corrected chi connectivity index (χ2v) is 5.40. The van der Waals surface area contributed by atoms with Crippen molar-refractivity contribution in [3.05, 3.63) is 42.2 Å². The van der Waals surface area contributed by atoms with Crippen LogP contribution in [0.2, 0.25) is 0 Å². The van der Waals surface area contributed by atoms with Crippen molar-refractivity contribution in [2.24, 2.45) is 0 Å². The van der Waals surface area contributed by atoms with Crippen LogP contribution in [0.1, 0.15) is 24.8 Å². The average molecular weight is 271 g/mol. The van der Waals surface area contributed by atoms with Crippen LogP contribution in [-0.4, -0.2) is 29.0 Å². The molecular weight excluding hydrogens is 250 g/mol. The number of rotatable bonds is 3. The van der Waals surface area contributed by atoms with E-state index in [0.29, 0.717) is 0 Å². The van der Waals surface area contributed by atoms with Crippen LogP contribution in [0.3, 0.4) is 0 Å². The Kier molecular flexibility index (Phi) is 4.02. The molecule has 4 heteroatoms. The number of nitrogens with zero attached hydrogens (tertiary/aromatic N) is 2. The minimum atomic E-state index is 0.257. The Morgan fingerprint density at radius 3 is 3.20 bits per heavy atom. The van der Waals surface area contributed by atoms with Crippen LogP contribution in [0, 0.1) is 6.92 Å². The van der Waals surface area contributed by atoms with Gasteiger partial charge in [-0.15, -0.1) is 0 Å². The lowest BCUT2D eigenvalue weighted by Gasteiger charge is -2.15. The Balaban J connectivity index is 1.70. The van der Waals surface area contributed by atoms with Gasteiger partial charge in [0.05, 0.1) is 18.1 Å². The number of nitrogens with one attached hydrogen (secondary N) is 1. The molecule has 106 valence electrons. The fourth-order valence-corrected chi connectivity index (χ4v) is 2.56. The largest absolute Gasteiger partial charge is 0.486 e. The zero-order valence-corrected chi connectivity index (χ0v) is 11.9. The number of hydrogen-bond donors (Lipinski definition) is 1. The Morgan fingerprint density at radius 2 is 2.30 bits per heavy atom. The lowest BCUT2D eigenvalue weighted by molar-refractivity contribution is 0.194. The summed E-state index contributed by atoms with van der Waals surface area (Å²) in [6, 6.07) is 8.30. The summed E-state index contributed by atoms with van der Waals surface area (Å²) in [5, 5.41) is 7.80. The van der Waals surface area contributed by atoms with Crippen molar-refractivity contribution >= 4 is 0 Å². The summed E-state index contributed by atoms with van der Waals surface area (Å²) in [4.78, 5) is 0. The minimum Gasteiger partial charge on any atom is -0.486 e. The van der Waals surface area contributed by atoms with E-state index in [-0.39, 0.29) is 6.10 Å². The molecule has 1 aromatic heterocycles. The van der Waals surface area contributed by atoms with Crippen molar-refractivity contribution in [2.45, 2.75) is 32.3 Å². The monoisotopic (exact) mass is 271 g/mol. The second kappa shape index (κ2) is 6.09. The van der Waals surface area contributed by atoms with E-state index in [0.717, 1.165) is 30.9 Å². The van der Waals surface area contributed by atoms with E-state index in [1.165, 1.54) is 18.4 Å². The molecule has 0 bridgehead atoms. The summed E-state index contributed by atoms with van der Waals surface area (Å²) in [6.45, 7) is 4.11. The number of benzene rings is 1. The maximum Gasteiger partial charge on any atom is 0.158 e. The number of ether oxygens (including phenoxy) is 1. The highest BCUT2D eigenvalue weighted by atomic mass is 16.5. The van der Waals surface area contributed by atoms with E-state index in [4.69, 9.17) is 4.74 Å². The van der Waals surface area contributed by atoms with E-state index in [1.54, 1.807) is 6.20 Å². The van der Waals surface area contributed by atoms with Crippen LogP contribution in [0.4, 0.5) is 0 Å². The van der Waals surface area contributed by atoms with Crippen LogP contribution < -0.4 is 10.1 Å². The topological polar surface area (TPSA) is 39.1 Å². The van der Waals surface area contributed by atoms with Gasteiger partial charge in [0, 0.05) is 6.54 Å². The fraction of sp³-hybridized carbons (Fsp3) is 0.438. The van der Waals surface area contributed by atoms with Crippen molar-refractivity contribution in [1.82, 2.24) is 15.1 Å². The number of hydrogen-bond acceptors (Lipinski definition) is 3.